The van der Waals surface area contributed by atoms with Gasteiger partial charge in [0.25, 0.3) is 0 Å². The Bertz CT molecular complexity index is 452. The van der Waals surface area contributed by atoms with Crippen molar-refractivity contribution in [1.29, 1.82) is 0 Å². The van der Waals surface area contributed by atoms with Crippen LogP contribution in [0.15, 0.2) is 18.2 Å². The molecule has 1 unspecified atom stereocenters. The van der Waals surface area contributed by atoms with Crippen molar-refractivity contribution in [2.45, 2.75) is 31.8 Å². The van der Waals surface area contributed by atoms with Crippen LogP contribution in [-0.2, 0) is 6.54 Å². The van der Waals surface area contributed by atoms with E-state index in [-0.39, 0.29) is 5.75 Å². The van der Waals surface area contributed by atoms with Gasteiger partial charge >= 0.3 is 0 Å². The van der Waals surface area contributed by atoms with Crippen molar-refractivity contribution in [2.75, 3.05) is 26.2 Å². The minimum absolute atomic E-state index is 0.169. The molecule has 0 bridgehead atoms. The van der Waals surface area contributed by atoms with Crippen LogP contribution in [0.2, 0.25) is 5.02 Å². The molecule has 0 aromatic heterocycles. The first-order valence-electron chi connectivity index (χ1n) is 7.16. The monoisotopic (exact) mass is 280 g/mol. The highest BCUT2D eigenvalue weighted by Gasteiger charge is 2.28. The number of benzene rings is 1. The lowest BCUT2D eigenvalue weighted by molar-refractivity contribution is 0.0457. The van der Waals surface area contributed by atoms with E-state index < -0.39 is 0 Å². The normalized spacial score (nSPS) is 25.2. The Morgan fingerprint density at radius 1 is 1.21 bits per heavy atom. The highest BCUT2D eigenvalue weighted by Crippen LogP contribution is 2.26. The van der Waals surface area contributed by atoms with Crippen LogP contribution in [0.4, 0.5) is 0 Å². The lowest BCUT2D eigenvalue weighted by atomic mass is 9.99. The summed E-state index contributed by atoms with van der Waals surface area (Å²) in [6.07, 6.45) is 4.08. The number of piperazine rings is 1. The number of nitrogens with zero attached hydrogens (tertiary/aromatic N) is 2. The number of aromatic hydroxyl groups is 1. The van der Waals surface area contributed by atoms with Crippen molar-refractivity contribution in [3.05, 3.63) is 28.8 Å². The van der Waals surface area contributed by atoms with Gasteiger partial charge in [-0.15, -0.1) is 0 Å². The summed E-state index contributed by atoms with van der Waals surface area (Å²) < 4.78 is 0. The molecule has 0 saturated carbocycles. The molecule has 4 heteroatoms. The predicted molar refractivity (Wildman–Crippen MR) is 77.6 cm³/mol. The maximum absolute atomic E-state index is 9.45. The van der Waals surface area contributed by atoms with Gasteiger partial charge in [-0.3, -0.25) is 9.80 Å². The first-order valence-corrected chi connectivity index (χ1v) is 7.54. The summed E-state index contributed by atoms with van der Waals surface area (Å²) in [6, 6.07) is 6.28. The second-order valence-corrected chi connectivity index (χ2v) is 6.11. The van der Waals surface area contributed by atoms with E-state index >= 15 is 0 Å². The zero-order valence-electron chi connectivity index (χ0n) is 11.2. The van der Waals surface area contributed by atoms with Crippen molar-refractivity contribution in [2.24, 2.45) is 0 Å². The summed E-state index contributed by atoms with van der Waals surface area (Å²) in [5, 5.41) is 9.90. The third kappa shape index (κ3) is 3.04. The fourth-order valence-electron chi connectivity index (χ4n) is 3.27. The van der Waals surface area contributed by atoms with E-state index in [1.54, 1.807) is 6.07 Å². The number of hydrogen-bond acceptors (Lipinski definition) is 3. The van der Waals surface area contributed by atoms with E-state index in [0.717, 1.165) is 19.1 Å². The van der Waals surface area contributed by atoms with Crippen LogP contribution < -0.4 is 0 Å². The second-order valence-electron chi connectivity index (χ2n) is 5.71. The molecule has 0 radical (unpaired) electrons. The van der Waals surface area contributed by atoms with Gasteiger partial charge in [0.05, 0.1) is 5.02 Å². The fourth-order valence-corrected chi connectivity index (χ4v) is 3.47. The molecule has 2 saturated heterocycles. The van der Waals surface area contributed by atoms with Crippen molar-refractivity contribution in [1.82, 2.24) is 9.80 Å². The van der Waals surface area contributed by atoms with Gasteiger partial charge in [-0.2, -0.15) is 0 Å². The maximum atomic E-state index is 9.45. The van der Waals surface area contributed by atoms with Gasteiger partial charge in [0.1, 0.15) is 5.75 Å². The number of phenolic OH excluding ortho intramolecular Hbond substituents is 1. The van der Waals surface area contributed by atoms with E-state index in [0.29, 0.717) is 5.02 Å². The van der Waals surface area contributed by atoms with Gasteiger partial charge in [-0.05, 0) is 37.1 Å². The van der Waals surface area contributed by atoms with E-state index in [1.165, 1.54) is 44.5 Å². The molecule has 1 N–H and O–H groups in total. The molecule has 0 spiro atoms. The van der Waals surface area contributed by atoms with Crippen LogP contribution in [0, 0.1) is 0 Å². The number of halogens is 1. The third-order valence-electron chi connectivity index (χ3n) is 4.34. The van der Waals surface area contributed by atoms with Crippen molar-refractivity contribution in [3.8, 4) is 5.75 Å². The van der Waals surface area contributed by atoms with E-state index in [9.17, 15) is 5.11 Å². The van der Waals surface area contributed by atoms with Gasteiger partial charge < -0.3 is 5.11 Å². The quantitative estimate of drug-likeness (QED) is 0.902. The molecule has 2 heterocycles. The summed E-state index contributed by atoms with van der Waals surface area (Å²) in [6.45, 7) is 5.71. The lowest BCUT2D eigenvalue weighted by Gasteiger charge is -2.44. The minimum Gasteiger partial charge on any atom is -0.506 e. The molecule has 3 rings (SSSR count). The van der Waals surface area contributed by atoms with Gasteiger partial charge in [-0.1, -0.05) is 24.1 Å². The summed E-state index contributed by atoms with van der Waals surface area (Å²) in [7, 11) is 0. The molecule has 19 heavy (non-hydrogen) atoms. The summed E-state index contributed by atoms with van der Waals surface area (Å²) >= 11 is 5.97. The average Bonchev–Trinajstić information content (AvgIpc) is 2.43. The molecule has 3 nitrogen and oxygen atoms in total. The SMILES string of the molecule is Oc1ccc(CN2CCN3CCCCC3C2)cc1Cl. The highest BCUT2D eigenvalue weighted by atomic mass is 35.5. The molecule has 1 atom stereocenters. The van der Waals surface area contributed by atoms with Gasteiger partial charge in [0.15, 0.2) is 0 Å². The van der Waals surface area contributed by atoms with Crippen molar-refractivity contribution in [3.63, 3.8) is 0 Å². The molecular weight excluding hydrogens is 260 g/mol. The topological polar surface area (TPSA) is 26.7 Å². The summed E-state index contributed by atoms with van der Waals surface area (Å²) in [5.74, 6) is 0.169. The smallest absolute Gasteiger partial charge is 0.134 e. The molecule has 1 aromatic rings. The maximum Gasteiger partial charge on any atom is 0.134 e. The molecule has 0 amide bonds. The Labute approximate surface area is 119 Å². The van der Waals surface area contributed by atoms with Crippen LogP contribution in [0.5, 0.6) is 5.75 Å². The zero-order valence-corrected chi connectivity index (χ0v) is 11.9. The largest absolute Gasteiger partial charge is 0.506 e. The molecule has 1 aromatic carbocycles. The Kier molecular flexibility index (Phi) is 3.96. The number of hydrogen-bond donors (Lipinski definition) is 1. The Morgan fingerprint density at radius 2 is 2.11 bits per heavy atom. The van der Waals surface area contributed by atoms with Crippen LogP contribution in [0.1, 0.15) is 24.8 Å². The van der Waals surface area contributed by atoms with Gasteiger partial charge in [0, 0.05) is 32.2 Å². The molecule has 2 aliphatic rings. The van der Waals surface area contributed by atoms with Crippen LogP contribution in [0.3, 0.4) is 0 Å². The van der Waals surface area contributed by atoms with E-state index in [4.69, 9.17) is 11.6 Å². The number of piperidine rings is 1. The van der Waals surface area contributed by atoms with Gasteiger partial charge in [-0.25, -0.2) is 0 Å². The minimum atomic E-state index is 0.169. The molecule has 104 valence electrons. The van der Waals surface area contributed by atoms with Crippen LogP contribution >= 0.6 is 11.6 Å². The van der Waals surface area contributed by atoms with E-state index in [2.05, 4.69) is 9.80 Å². The Morgan fingerprint density at radius 3 is 2.95 bits per heavy atom. The summed E-state index contributed by atoms with van der Waals surface area (Å²) in [4.78, 5) is 5.15. The number of fused-ring (bicyclic) bond motifs is 1. The highest BCUT2D eigenvalue weighted by molar-refractivity contribution is 6.32. The van der Waals surface area contributed by atoms with Gasteiger partial charge in [0.2, 0.25) is 0 Å². The first-order chi connectivity index (χ1) is 9.22. The first kappa shape index (κ1) is 13.2. The lowest BCUT2D eigenvalue weighted by Crippen LogP contribution is -2.54. The standard InChI is InChI=1S/C15H21ClN2O/c16-14-9-12(4-5-15(14)19)10-17-7-8-18-6-2-1-3-13(18)11-17/h4-5,9,13,19H,1-3,6-8,10-11H2. The zero-order chi connectivity index (χ0) is 13.2. The van der Waals surface area contributed by atoms with Crippen molar-refractivity contribution >= 4 is 11.6 Å². The number of phenols is 1. The molecule has 0 aliphatic carbocycles. The van der Waals surface area contributed by atoms with E-state index in [1.807, 2.05) is 12.1 Å². The molecule has 2 fully saturated rings. The summed E-state index contributed by atoms with van der Waals surface area (Å²) in [5.41, 5.74) is 1.19. The fraction of sp³-hybridized carbons (Fsp3) is 0.600. The third-order valence-corrected chi connectivity index (χ3v) is 4.64. The Hall–Kier alpha value is -0.770. The van der Waals surface area contributed by atoms with Crippen molar-refractivity contribution < 1.29 is 5.11 Å². The second kappa shape index (κ2) is 5.70. The molecular formula is C15H21ClN2O. The average molecular weight is 281 g/mol. The Balaban J connectivity index is 1.62. The number of rotatable bonds is 2. The molecule has 2 aliphatic heterocycles. The van der Waals surface area contributed by atoms with Crippen LogP contribution in [-0.4, -0.2) is 47.1 Å². The van der Waals surface area contributed by atoms with Crippen LogP contribution in [0.25, 0.3) is 0 Å². The predicted octanol–water partition coefficient (Wildman–Crippen LogP) is 2.72.